The lowest BCUT2D eigenvalue weighted by Crippen LogP contribution is -2.34. The standard InChI is InChI=1S/C10H15IN4/c1-14-4-3-8(6-14)15(2)10-9(11)5-12-7-13-10/h5,7-8H,3-4,6H2,1-2H3. The van der Waals surface area contributed by atoms with Gasteiger partial charge in [0.1, 0.15) is 12.1 Å². The molecule has 1 fully saturated rings. The Labute approximate surface area is 104 Å². The number of likely N-dealkylation sites (N-methyl/N-ethyl adjacent to an activating group) is 2. The predicted molar refractivity (Wildman–Crippen MR) is 69.1 cm³/mol. The molecule has 15 heavy (non-hydrogen) atoms. The quantitative estimate of drug-likeness (QED) is 0.768. The van der Waals surface area contributed by atoms with Crippen molar-refractivity contribution in [1.29, 1.82) is 0 Å². The lowest BCUT2D eigenvalue weighted by atomic mass is 10.2. The van der Waals surface area contributed by atoms with Crippen LogP contribution in [-0.4, -0.2) is 48.1 Å². The molecular weight excluding hydrogens is 303 g/mol. The lowest BCUT2D eigenvalue weighted by Gasteiger charge is -2.25. The van der Waals surface area contributed by atoms with E-state index in [-0.39, 0.29) is 0 Å². The average molecular weight is 318 g/mol. The minimum absolute atomic E-state index is 0.582. The van der Waals surface area contributed by atoms with Gasteiger partial charge in [-0.2, -0.15) is 0 Å². The molecule has 1 aromatic rings. The summed E-state index contributed by atoms with van der Waals surface area (Å²) in [6.07, 6.45) is 4.69. The molecule has 2 heterocycles. The van der Waals surface area contributed by atoms with E-state index < -0.39 is 0 Å². The highest BCUT2D eigenvalue weighted by Gasteiger charge is 2.24. The summed E-state index contributed by atoms with van der Waals surface area (Å²) < 4.78 is 1.12. The molecule has 0 N–H and O–H groups in total. The van der Waals surface area contributed by atoms with Gasteiger partial charge in [-0.3, -0.25) is 0 Å². The SMILES string of the molecule is CN1CCC(N(C)c2ncncc2I)C1. The van der Waals surface area contributed by atoms with E-state index in [9.17, 15) is 0 Å². The number of hydrogen-bond acceptors (Lipinski definition) is 4. The second kappa shape index (κ2) is 4.61. The van der Waals surface area contributed by atoms with E-state index in [0.717, 1.165) is 15.9 Å². The third kappa shape index (κ3) is 2.39. The maximum absolute atomic E-state index is 4.34. The number of halogens is 1. The van der Waals surface area contributed by atoms with Gasteiger partial charge in [-0.05, 0) is 42.6 Å². The Bertz CT molecular complexity index is 344. The van der Waals surface area contributed by atoms with E-state index in [4.69, 9.17) is 0 Å². The van der Waals surface area contributed by atoms with Gasteiger partial charge in [0.15, 0.2) is 0 Å². The molecule has 5 heteroatoms. The molecule has 0 spiro atoms. The number of hydrogen-bond donors (Lipinski definition) is 0. The van der Waals surface area contributed by atoms with Crippen molar-refractivity contribution in [3.8, 4) is 0 Å². The number of anilines is 1. The number of likely N-dealkylation sites (tertiary alicyclic amines) is 1. The zero-order valence-electron chi connectivity index (χ0n) is 9.02. The molecule has 0 bridgehead atoms. The van der Waals surface area contributed by atoms with E-state index in [1.54, 1.807) is 6.33 Å². The smallest absolute Gasteiger partial charge is 0.145 e. The Morgan fingerprint density at radius 1 is 1.60 bits per heavy atom. The summed E-state index contributed by atoms with van der Waals surface area (Å²) in [7, 11) is 4.28. The molecule has 1 saturated heterocycles. The molecular formula is C10H15IN4. The van der Waals surface area contributed by atoms with E-state index in [1.807, 2.05) is 6.20 Å². The summed E-state index contributed by atoms with van der Waals surface area (Å²) in [4.78, 5) is 13.0. The molecule has 1 unspecified atom stereocenters. The Morgan fingerprint density at radius 3 is 3.00 bits per heavy atom. The van der Waals surface area contributed by atoms with Gasteiger partial charge in [0.05, 0.1) is 3.57 Å². The van der Waals surface area contributed by atoms with Gasteiger partial charge < -0.3 is 9.80 Å². The number of nitrogens with zero attached hydrogens (tertiary/aromatic N) is 4. The molecule has 1 atom stereocenters. The monoisotopic (exact) mass is 318 g/mol. The highest BCUT2D eigenvalue weighted by Crippen LogP contribution is 2.22. The first-order valence-corrected chi connectivity index (χ1v) is 6.13. The van der Waals surface area contributed by atoms with Crippen molar-refractivity contribution in [2.24, 2.45) is 0 Å². The molecule has 1 aliphatic rings. The van der Waals surface area contributed by atoms with E-state index in [1.165, 1.54) is 13.0 Å². The molecule has 2 rings (SSSR count). The fourth-order valence-corrected chi connectivity index (χ4v) is 2.65. The van der Waals surface area contributed by atoms with E-state index in [0.29, 0.717) is 6.04 Å². The second-order valence-corrected chi connectivity index (χ2v) is 5.17. The van der Waals surface area contributed by atoms with Gasteiger partial charge in [0.2, 0.25) is 0 Å². The van der Waals surface area contributed by atoms with Crippen molar-refractivity contribution >= 4 is 28.4 Å². The van der Waals surface area contributed by atoms with Crippen LogP contribution < -0.4 is 4.90 Å². The van der Waals surface area contributed by atoms with Crippen molar-refractivity contribution in [1.82, 2.24) is 14.9 Å². The first kappa shape index (κ1) is 11.1. The maximum atomic E-state index is 4.34. The maximum Gasteiger partial charge on any atom is 0.145 e. The average Bonchev–Trinajstić information content (AvgIpc) is 2.65. The zero-order chi connectivity index (χ0) is 10.8. The van der Waals surface area contributed by atoms with Crippen LogP contribution in [0, 0.1) is 3.57 Å². The van der Waals surface area contributed by atoms with Crippen LogP contribution in [-0.2, 0) is 0 Å². The van der Waals surface area contributed by atoms with Gasteiger partial charge in [-0.25, -0.2) is 9.97 Å². The Balaban J connectivity index is 2.14. The lowest BCUT2D eigenvalue weighted by molar-refractivity contribution is 0.409. The summed E-state index contributed by atoms with van der Waals surface area (Å²) in [5.74, 6) is 1.05. The first-order chi connectivity index (χ1) is 7.18. The topological polar surface area (TPSA) is 32.3 Å². The summed E-state index contributed by atoms with van der Waals surface area (Å²) in [5, 5.41) is 0. The Kier molecular flexibility index (Phi) is 3.40. The van der Waals surface area contributed by atoms with Gasteiger partial charge in [-0.15, -0.1) is 0 Å². The van der Waals surface area contributed by atoms with Crippen LogP contribution in [0.2, 0.25) is 0 Å². The minimum atomic E-state index is 0.582. The van der Waals surface area contributed by atoms with Crippen LogP contribution in [0.4, 0.5) is 5.82 Å². The second-order valence-electron chi connectivity index (χ2n) is 4.01. The van der Waals surface area contributed by atoms with Crippen LogP contribution in [0.1, 0.15) is 6.42 Å². The molecule has 1 aromatic heterocycles. The zero-order valence-corrected chi connectivity index (χ0v) is 11.2. The van der Waals surface area contributed by atoms with Crippen molar-refractivity contribution in [3.63, 3.8) is 0 Å². The molecule has 0 aliphatic carbocycles. The largest absolute Gasteiger partial charge is 0.354 e. The number of aromatic nitrogens is 2. The van der Waals surface area contributed by atoms with Crippen LogP contribution >= 0.6 is 22.6 Å². The fourth-order valence-electron chi connectivity index (χ4n) is 1.97. The van der Waals surface area contributed by atoms with Crippen LogP contribution in [0.5, 0.6) is 0 Å². The van der Waals surface area contributed by atoms with E-state index in [2.05, 4.69) is 56.5 Å². The molecule has 0 saturated carbocycles. The van der Waals surface area contributed by atoms with Gasteiger partial charge in [0, 0.05) is 25.8 Å². The summed E-state index contributed by atoms with van der Waals surface area (Å²) in [6, 6.07) is 0.582. The summed E-state index contributed by atoms with van der Waals surface area (Å²) in [6.45, 7) is 2.30. The van der Waals surface area contributed by atoms with Crippen molar-refractivity contribution < 1.29 is 0 Å². The van der Waals surface area contributed by atoms with Crippen LogP contribution in [0.15, 0.2) is 12.5 Å². The first-order valence-electron chi connectivity index (χ1n) is 5.05. The molecule has 4 nitrogen and oxygen atoms in total. The highest BCUT2D eigenvalue weighted by molar-refractivity contribution is 14.1. The summed E-state index contributed by atoms with van der Waals surface area (Å²) >= 11 is 2.29. The number of rotatable bonds is 2. The summed E-state index contributed by atoms with van der Waals surface area (Å²) in [5.41, 5.74) is 0. The van der Waals surface area contributed by atoms with Crippen molar-refractivity contribution in [2.75, 3.05) is 32.1 Å². The normalized spacial score (nSPS) is 21.9. The third-order valence-electron chi connectivity index (χ3n) is 2.90. The molecule has 82 valence electrons. The van der Waals surface area contributed by atoms with E-state index >= 15 is 0 Å². The molecule has 0 radical (unpaired) electrons. The van der Waals surface area contributed by atoms with Crippen molar-refractivity contribution in [3.05, 3.63) is 16.1 Å². The minimum Gasteiger partial charge on any atom is -0.354 e. The molecule has 0 amide bonds. The molecule has 1 aliphatic heterocycles. The van der Waals surface area contributed by atoms with Crippen LogP contribution in [0.3, 0.4) is 0 Å². The fraction of sp³-hybridized carbons (Fsp3) is 0.600. The molecule has 0 aromatic carbocycles. The highest BCUT2D eigenvalue weighted by atomic mass is 127. The van der Waals surface area contributed by atoms with Crippen molar-refractivity contribution in [2.45, 2.75) is 12.5 Å². The predicted octanol–water partition coefficient (Wildman–Crippen LogP) is 1.22. The third-order valence-corrected chi connectivity index (χ3v) is 3.66. The van der Waals surface area contributed by atoms with Gasteiger partial charge >= 0.3 is 0 Å². The van der Waals surface area contributed by atoms with Gasteiger partial charge in [0.25, 0.3) is 0 Å². The van der Waals surface area contributed by atoms with Crippen LogP contribution in [0.25, 0.3) is 0 Å². The van der Waals surface area contributed by atoms with Gasteiger partial charge in [-0.1, -0.05) is 0 Å². The Morgan fingerprint density at radius 2 is 2.40 bits per heavy atom. The Hall–Kier alpha value is -0.430.